The Balaban J connectivity index is 1.48. The molecular weight excluding hydrogens is 406 g/mol. The van der Waals surface area contributed by atoms with Gasteiger partial charge in [-0.3, -0.25) is 4.79 Å². The fourth-order valence-corrected chi connectivity index (χ4v) is 3.65. The molecule has 1 amide bonds. The maximum atomic E-state index is 13.0. The van der Waals surface area contributed by atoms with Crippen LogP contribution in [-0.2, 0) is 14.3 Å². The van der Waals surface area contributed by atoms with Gasteiger partial charge in [0.2, 0.25) is 0 Å². The molecule has 1 fully saturated rings. The van der Waals surface area contributed by atoms with E-state index in [0.717, 1.165) is 37.6 Å². The average molecular weight is 434 g/mol. The zero-order valence-electron chi connectivity index (χ0n) is 18.6. The number of nitrogens with zero attached hydrogens (tertiary/aromatic N) is 3. The van der Waals surface area contributed by atoms with Crippen LogP contribution in [0.2, 0.25) is 0 Å². The number of morpholine rings is 1. The van der Waals surface area contributed by atoms with Crippen LogP contribution in [0.4, 0.5) is 11.4 Å². The molecule has 0 aromatic heterocycles. The molecule has 2 aliphatic rings. The Morgan fingerprint density at radius 2 is 1.66 bits per heavy atom. The molecule has 2 aromatic carbocycles. The zero-order valence-corrected chi connectivity index (χ0v) is 18.6. The summed E-state index contributed by atoms with van der Waals surface area (Å²) < 4.78 is 10.6. The van der Waals surface area contributed by atoms with E-state index in [1.54, 1.807) is 38.1 Å². The van der Waals surface area contributed by atoms with Gasteiger partial charge in [0.15, 0.2) is 0 Å². The number of hydrazone groups is 1. The lowest BCUT2D eigenvalue weighted by Crippen LogP contribution is -2.36. The Morgan fingerprint density at radius 1 is 1.03 bits per heavy atom. The summed E-state index contributed by atoms with van der Waals surface area (Å²) >= 11 is 0. The van der Waals surface area contributed by atoms with E-state index in [4.69, 9.17) is 9.47 Å². The largest absolute Gasteiger partial charge is 0.459 e. The average Bonchev–Trinajstić information content (AvgIpc) is 3.08. The third kappa shape index (κ3) is 4.73. The maximum absolute atomic E-state index is 13.0. The lowest BCUT2D eigenvalue weighted by atomic mass is 10.1. The topological polar surface area (TPSA) is 71.4 Å². The Hall–Kier alpha value is -3.45. The minimum absolute atomic E-state index is 0.190. The second-order valence-electron chi connectivity index (χ2n) is 8.05. The van der Waals surface area contributed by atoms with E-state index in [2.05, 4.69) is 22.1 Å². The molecule has 0 aliphatic carbocycles. The maximum Gasteiger partial charge on any atom is 0.338 e. The first kappa shape index (κ1) is 21.8. The van der Waals surface area contributed by atoms with Gasteiger partial charge in [-0.1, -0.05) is 12.1 Å². The highest BCUT2D eigenvalue weighted by molar-refractivity contribution is 6.32. The van der Waals surface area contributed by atoms with Crippen LogP contribution in [0.3, 0.4) is 0 Å². The molecule has 0 N–H and O–H groups in total. The Morgan fingerprint density at radius 3 is 2.28 bits per heavy atom. The van der Waals surface area contributed by atoms with Crippen LogP contribution in [0.1, 0.15) is 36.7 Å². The lowest BCUT2D eigenvalue weighted by molar-refractivity contribution is -0.114. The molecule has 0 spiro atoms. The van der Waals surface area contributed by atoms with E-state index in [9.17, 15) is 9.59 Å². The number of rotatable bonds is 5. The first-order valence-corrected chi connectivity index (χ1v) is 10.8. The summed E-state index contributed by atoms with van der Waals surface area (Å²) in [4.78, 5) is 27.4. The zero-order chi connectivity index (χ0) is 22.7. The summed E-state index contributed by atoms with van der Waals surface area (Å²) in [5, 5.41) is 5.79. The lowest BCUT2D eigenvalue weighted by Gasteiger charge is -2.28. The van der Waals surface area contributed by atoms with E-state index in [0.29, 0.717) is 22.5 Å². The molecule has 0 saturated carbocycles. The molecule has 2 aliphatic heterocycles. The van der Waals surface area contributed by atoms with Crippen molar-refractivity contribution in [2.75, 3.05) is 36.2 Å². The number of hydrogen-bond donors (Lipinski definition) is 0. The second-order valence-corrected chi connectivity index (χ2v) is 8.05. The van der Waals surface area contributed by atoms with Gasteiger partial charge >= 0.3 is 5.97 Å². The van der Waals surface area contributed by atoms with Gasteiger partial charge in [-0.05, 0) is 68.8 Å². The van der Waals surface area contributed by atoms with E-state index < -0.39 is 0 Å². The highest BCUT2D eigenvalue weighted by Gasteiger charge is 2.29. The third-order valence-electron chi connectivity index (χ3n) is 5.33. The summed E-state index contributed by atoms with van der Waals surface area (Å²) in [5.41, 5.74) is 4.32. The Kier molecular flexibility index (Phi) is 6.37. The number of carbonyl (C=O) groups excluding carboxylic acids is 2. The highest BCUT2D eigenvalue weighted by atomic mass is 16.5. The van der Waals surface area contributed by atoms with Crippen molar-refractivity contribution in [2.24, 2.45) is 5.10 Å². The van der Waals surface area contributed by atoms with E-state index >= 15 is 0 Å². The van der Waals surface area contributed by atoms with Crippen LogP contribution < -0.4 is 9.91 Å². The van der Waals surface area contributed by atoms with Crippen LogP contribution in [0.25, 0.3) is 6.08 Å². The van der Waals surface area contributed by atoms with Gasteiger partial charge in [-0.15, -0.1) is 0 Å². The van der Waals surface area contributed by atoms with Crippen LogP contribution in [0, 0.1) is 0 Å². The van der Waals surface area contributed by atoms with Crippen molar-refractivity contribution < 1.29 is 19.1 Å². The van der Waals surface area contributed by atoms with Crippen LogP contribution in [0.5, 0.6) is 0 Å². The third-order valence-corrected chi connectivity index (χ3v) is 5.33. The molecule has 0 unspecified atom stereocenters. The van der Waals surface area contributed by atoms with Gasteiger partial charge in [-0.25, -0.2) is 4.79 Å². The Labute approximate surface area is 187 Å². The van der Waals surface area contributed by atoms with Crippen molar-refractivity contribution in [3.63, 3.8) is 0 Å². The van der Waals surface area contributed by atoms with Crippen molar-refractivity contribution in [3.05, 3.63) is 65.2 Å². The fourth-order valence-electron chi connectivity index (χ4n) is 3.65. The molecule has 2 heterocycles. The van der Waals surface area contributed by atoms with Gasteiger partial charge < -0.3 is 14.4 Å². The molecule has 0 radical (unpaired) electrons. The van der Waals surface area contributed by atoms with E-state index in [1.807, 2.05) is 25.1 Å². The van der Waals surface area contributed by atoms with Crippen molar-refractivity contribution in [1.82, 2.24) is 0 Å². The quantitative estimate of drug-likeness (QED) is 0.528. The number of benzene rings is 2. The standard InChI is InChI=1S/C25H27N3O4/c1-17(2)32-25(30)20-6-10-22(11-7-20)28-24(29)23(18(3)26-28)16-19-4-8-21(9-5-19)27-12-14-31-15-13-27/h4-11,16-17H,12-15H2,1-3H3. The van der Waals surface area contributed by atoms with Gasteiger partial charge in [0, 0.05) is 18.8 Å². The molecule has 0 bridgehead atoms. The van der Waals surface area contributed by atoms with Crippen molar-refractivity contribution in [2.45, 2.75) is 26.9 Å². The first-order chi connectivity index (χ1) is 15.4. The number of esters is 1. The summed E-state index contributed by atoms with van der Waals surface area (Å²) in [7, 11) is 0. The minimum Gasteiger partial charge on any atom is -0.459 e. The summed E-state index contributed by atoms with van der Waals surface area (Å²) in [6.07, 6.45) is 1.67. The fraction of sp³-hybridized carbons (Fsp3) is 0.320. The first-order valence-electron chi connectivity index (χ1n) is 10.8. The van der Waals surface area contributed by atoms with Gasteiger partial charge in [0.05, 0.1) is 41.9 Å². The smallest absolute Gasteiger partial charge is 0.338 e. The summed E-state index contributed by atoms with van der Waals surface area (Å²) in [6.45, 7) is 8.67. The highest BCUT2D eigenvalue weighted by Crippen LogP contribution is 2.26. The number of ether oxygens (including phenoxy) is 2. The van der Waals surface area contributed by atoms with Crippen LogP contribution >= 0.6 is 0 Å². The minimum atomic E-state index is -0.389. The van der Waals surface area contributed by atoms with E-state index in [-0.39, 0.29) is 18.0 Å². The number of anilines is 2. The molecule has 32 heavy (non-hydrogen) atoms. The summed E-state index contributed by atoms with van der Waals surface area (Å²) in [5.74, 6) is -0.586. The van der Waals surface area contributed by atoms with Gasteiger partial charge in [0.1, 0.15) is 0 Å². The van der Waals surface area contributed by atoms with Crippen molar-refractivity contribution >= 4 is 35.0 Å². The molecule has 4 rings (SSSR count). The molecule has 166 valence electrons. The Bertz CT molecular complexity index is 1050. The number of carbonyl (C=O) groups is 2. The monoisotopic (exact) mass is 433 g/mol. The summed E-state index contributed by atoms with van der Waals surface area (Å²) in [6, 6.07) is 14.8. The molecule has 1 saturated heterocycles. The van der Waals surface area contributed by atoms with E-state index in [1.165, 1.54) is 5.01 Å². The molecular formula is C25H27N3O4. The van der Waals surface area contributed by atoms with Gasteiger partial charge in [0.25, 0.3) is 5.91 Å². The molecule has 7 heteroatoms. The van der Waals surface area contributed by atoms with Gasteiger partial charge in [-0.2, -0.15) is 10.1 Å². The number of hydrogen-bond acceptors (Lipinski definition) is 6. The van der Waals surface area contributed by atoms with Crippen molar-refractivity contribution in [1.29, 1.82) is 0 Å². The molecule has 0 atom stereocenters. The van der Waals surface area contributed by atoms with Crippen LogP contribution in [-0.4, -0.2) is 50.0 Å². The molecule has 7 nitrogen and oxygen atoms in total. The van der Waals surface area contributed by atoms with Crippen LogP contribution in [0.15, 0.2) is 59.2 Å². The second kappa shape index (κ2) is 9.36. The number of amides is 1. The predicted molar refractivity (Wildman–Crippen MR) is 125 cm³/mol. The van der Waals surface area contributed by atoms with Crippen molar-refractivity contribution in [3.8, 4) is 0 Å². The predicted octanol–water partition coefficient (Wildman–Crippen LogP) is 3.89. The normalized spacial score (nSPS) is 17.8. The SMILES string of the molecule is CC1=NN(c2ccc(C(=O)OC(C)C)cc2)C(=O)C1=Cc1ccc(N2CCOCC2)cc1. The molecule has 2 aromatic rings.